The van der Waals surface area contributed by atoms with Crippen LogP contribution in [0.15, 0.2) is 47.4 Å². The number of nitrogen functional groups attached to an aromatic ring is 1. The highest BCUT2D eigenvalue weighted by molar-refractivity contribution is 7.89. The van der Waals surface area contributed by atoms with Crippen LogP contribution in [0.25, 0.3) is 11.1 Å². The maximum Gasteiger partial charge on any atom is 0.243 e. The lowest BCUT2D eigenvalue weighted by Crippen LogP contribution is -2.30. The van der Waals surface area contributed by atoms with E-state index in [2.05, 4.69) is 0 Å². The fraction of sp³-hybridized carbons (Fsp3) is 0.294. The third kappa shape index (κ3) is 3.15. The Bertz CT molecular complexity index is 749. The van der Waals surface area contributed by atoms with Gasteiger partial charge in [-0.25, -0.2) is 8.42 Å². The van der Waals surface area contributed by atoms with Crippen molar-refractivity contribution in [3.05, 3.63) is 48.0 Å². The van der Waals surface area contributed by atoms with E-state index in [4.69, 9.17) is 5.73 Å². The number of nitrogens with two attached hydrogens (primary N) is 1. The Morgan fingerprint density at radius 2 is 1.50 bits per heavy atom. The average molecular weight is 318 g/mol. The van der Waals surface area contributed by atoms with Gasteiger partial charge in [0.2, 0.25) is 10.0 Å². The van der Waals surface area contributed by atoms with Crippen LogP contribution in [0.4, 0.5) is 5.69 Å². The predicted octanol–water partition coefficient (Wildman–Crippen LogP) is 3.27. The van der Waals surface area contributed by atoms with Gasteiger partial charge in [0.15, 0.2) is 0 Å². The van der Waals surface area contributed by atoms with E-state index in [1.165, 1.54) is 4.31 Å². The smallest absolute Gasteiger partial charge is 0.243 e. The van der Waals surface area contributed by atoms with Crippen molar-refractivity contribution in [3.63, 3.8) is 0 Å². The molecule has 0 unspecified atom stereocenters. The minimum Gasteiger partial charge on any atom is -0.398 e. The molecule has 0 amide bonds. The molecule has 0 atom stereocenters. The van der Waals surface area contributed by atoms with Crippen LogP contribution in [0.2, 0.25) is 0 Å². The van der Waals surface area contributed by atoms with Gasteiger partial charge in [0.25, 0.3) is 0 Å². The van der Waals surface area contributed by atoms with Gasteiger partial charge in [0.05, 0.1) is 4.90 Å². The molecular weight excluding hydrogens is 296 g/mol. The summed E-state index contributed by atoms with van der Waals surface area (Å²) in [5.74, 6) is 0. The molecule has 0 heterocycles. The summed E-state index contributed by atoms with van der Waals surface area (Å²) in [6, 6.07) is 12.8. The molecule has 0 aliphatic rings. The van der Waals surface area contributed by atoms with Crippen LogP contribution in [-0.4, -0.2) is 25.8 Å². The molecule has 0 aliphatic carbocycles. The lowest BCUT2D eigenvalue weighted by atomic mass is 10.0. The van der Waals surface area contributed by atoms with Crippen molar-refractivity contribution in [2.75, 3.05) is 18.8 Å². The summed E-state index contributed by atoms with van der Waals surface area (Å²) in [6.45, 7) is 6.57. The summed E-state index contributed by atoms with van der Waals surface area (Å²) in [5.41, 5.74) is 9.63. The summed E-state index contributed by atoms with van der Waals surface area (Å²) in [5, 5.41) is 0. The van der Waals surface area contributed by atoms with Gasteiger partial charge in [-0.3, -0.25) is 0 Å². The van der Waals surface area contributed by atoms with Crippen molar-refractivity contribution in [2.24, 2.45) is 0 Å². The van der Waals surface area contributed by atoms with E-state index in [9.17, 15) is 8.42 Å². The molecule has 2 N–H and O–H groups in total. The van der Waals surface area contributed by atoms with E-state index >= 15 is 0 Å². The minimum atomic E-state index is -3.41. The highest BCUT2D eigenvalue weighted by atomic mass is 32.2. The molecule has 4 nitrogen and oxygen atoms in total. The molecule has 0 aromatic heterocycles. The normalized spacial score (nSPS) is 11.8. The zero-order valence-corrected chi connectivity index (χ0v) is 14.0. The number of hydrogen-bond donors (Lipinski definition) is 1. The molecule has 0 spiro atoms. The van der Waals surface area contributed by atoms with Gasteiger partial charge >= 0.3 is 0 Å². The molecule has 118 valence electrons. The molecule has 0 saturated heterocycles. The highest BCUT2D eigenvalue weighted by Crippen LogP contribution is 2.25. The Morgan fingerprint density at radius 1 is 0.955 bits per heavy atom. The summed E-state index contributed by atoms with van der Waals surface area (Å²) >= 11 is 0. The molecule has 2 rings (SSSR count). The van der Waals surface area contributed by atoms with Gasteiger partial charge < -0.3 is 5.73 Å². The highest BCUT2D eigenvalue weighted by Gasteiger charge is 2.21. The van der Waals surface area contributed by atoms with Crippen molar-refractivity contribution >= 4 is 15.7 Å². The number of anilines is 1. The second kappa shape index (κ2) is 6.50. The van der Waals surface area contributed by atoms with Crippen molar-refractivity contribution in [1.29, 1.82) is 0 Å². The van der Waals surface area contributed by atoms with Crippen LogP contribution >= 0.6 is 0 Å². The van der Waals surface area contributed by atoms with E-state index in [-0.39, 0.29) is 0 Å². The lowest BCUT2D eigenvalue weighted by Gasteiger charge is -2.18. The van der Waals surface area contributed by atoms with Crippen LogP contribution in [0.3, 0.4) is 0 Å². The first-order chi connectivity index (χ1) is 10.4. The minimum absolute atomic E-state index is 0.319. The quantitative estimate of drug-likeness (QED) is 0.861. The van der Waals surface area contributed by atoms with Crippen LogP contribution in [0.5, 0.6) is 0 Å². The second-order valence-corrected chi connectivity index (χ2v) is 7.12. The van der Waals surface area contributed by atoms with Crippen LogP contribution in [0, 0.1) is 6.92 Å². The molecule has 0 saturated carbocycles. The third-order valence-electron chi connectivity index (χ3n) is 3.81. The average Bonchev–Trinajstić information content (AvgIpc) is 2.51. The largest absolute Gasteiger partial charge is 0.398 e. The topological polar surface area (TPSA) is 63.4 Å². The predicted molar refractivity (Wildman–Crippen MR) is 91.1 cm³/mol. The first kappa shape index (κ1) is 16.5. The van der Waals surface area contributed by atoms with Gasteiger partial charge in [0.1, 0.15) is 0 Å². The van der Waals surface area contributed by atoms with Crippen LogP contribution in [0.1, 0.15) is 19.4 Å². The van der Waals surface area contributed by atoms with E-state index in [0.717, 1.165) is 22.4 Å². The first-order valence-electron chi connectivity index (χ1n) is 7.36. The molecule has 0 bridgehead atoms. The van der Waals surface area contributed by atoms with Crippen molar-refractivity contribution in [2.45, 2.75) is 25.7 Å². The van der Waals surface area contributed by atoms with E-state index in [1.807, 2.05) is 51.1 Å². The maximum absolute atomic E-state index is 12.4. The molecule has 2 aromatic carbocycles. The number of aryl methyl sites for hydroxylation is 1. The summed E-state index contributed by atoms with van der Waals surface area (Å²) in [7, 11) is -3.41. The SMILES string of the molecule is CCN(CC)S(=O)(=O)c1ccc(-c2ccc(C)c(N)c2)cc1. The number of benzene rings is 2. The Labute approximate surface area is 132 Å². The Hall–Kier alpha value is -1.85. The summed E-state index contributed by atoms with van der Waals surface area (Å²) < 4.78 is 26.3. The van der Waals surface area contributed by atoms with Gasteiger partial charge in [-0.2, -0.15) is 4.31 Å². The summed E-state index contributed by atoms with van der Waals surface area (Å²) in [6.07, 6.45) is 0. The molecule has 0 aliphatic heterocycles. The van der Waals surface area contributed by atoms with E-state index in [1.54, 1.807) is 12.1 Å². The number of nitrogens with zero attached hydrogens (tertiary/aromatic N) is 1. The van der Waals surface area contributed by atoms with Crippen molar-refractivity contribution < 1.29 is 8.42 Å². The zero-order valence-electron chi connectivity index (χ0n) is 13.2. The molecule has 5 heteroatoms. The summed E-state index contributed by atoms with van der Waals surface area (Å²) in [4.78, 5) is 0.319. The van der Waals surface area contributed by atoms with Gasteiger partial charge in [0, 0.05) is 18.8 Å². The molecular formula is C17H22N2O2S. The Balaban J connectivity index is 2.36. The number of hydrogen-bond acceptors (Lipinski definition) is 3. The fourth-order valence-electron chi connectivity index (χ4n) is 2.35. The van der Waals surface area contributed by atoms with Gasteiger partial charge in [-0.1, -0.05) is 38.1 Å². The van der Waals surface area contributed by atoms with E-state index in [0.29, 0.717) is 18.0 Å². The number of sulfonamides is 1. The van der Waals surface area contributed by atoms with Crippen LogP contribution in [-0.2, 0) is 10.0 Å². The first-order valence-corrected chi connectivity index (χ1v) is 8.80. The monoisotopic (exact) mass is 318 g/mol. The lowest BCUT2D eigenvalue weighted by molar-refractivity contribution is 0.445. The van der Waals surface area contributed by atoms with Crippen molar-refractivity contribution in [3.8, 4) is 11.1 Å². The Morgan fingerprint density at radius 3 is 2.00 bits per heavy atom. The maximum atomic E-state index is 12.4. The second-order valence-electron chi connectivity index (χ2n) is 5.19. The molecule has 2 aromatic rings. The van der Waals surface area contributed by atoms with Crippen LogP contribution < -0.4 is 5.73 Å². The molecule has 22 heavy (non-hydrogen) atoms. The zero-order chi connectivity index (χ0) is 16.3. The number of rotatable bonds is 5. The fourth-order valence-corrected chi connectivity index (χ4v) is 3.81. The van der Waals surface area contributed by atoms with Crippen molar-refractivity contribution in [1.82, 2.24) is 4.31 Å². The molecule has 0 radical (unpaired) electrons. The van der Waals surface area contributed by atoms with E-state index < -0.39 is 10.0 Å². The van der Waals surface area contributed by atoms with Gasteiger partial charge in [-0.15, -0.1) is 0 Å². The van der Waals surface area contributed by atoms with Gasteiger partial charge in [-0.05, 0) is 41.8 Å². The Kier molecular flexibility index (Phi) is 4.88. The standard InChI is InChI=1S/C17H22N2O2S/c1-4-19(5-2)22(20,21)16-10-8-14(9-11-16)15-7-6-13(3)17(18)12-15/h6-12H,4-5,18H2,1-3H3. The third-order valence-corrected chi connectivity index (χ3v) is 5.87. The molecule has 0 fully saturated rings.